The highest BCUT2D eigenvalue weighted by Gasteiger charge is 2.15. The van der Waals surface area contributed by atoms with Gasteiger partial charge in [0.1, 0.15) is 5.52 Å². The van der Waals surface area contributed by atoms with Crippen molar-refractivity contribution in [1.29, 1.82) is 0 Å². The number of nitrogens with zero attached hydrogens (tertiary/aromatic N) is 4. The van der Waals surface area contributed by atoms with E-state index < -0.39 is 0 Å². The fourth-order valence-electron chi connectivity index (χ4n) is 2.22. The summed E-state index contributed by atoms with van der Waals surface area (Å²) in [5, 5.41) is 2.05. The molecule has 4 rings (SSSR count). The minimum atomic E-state index is 0.863. The van der Waals surface area contributed by atoms with Crippen LogP contribution in [0.15, 0.2) is 60.4 Å². The predicted molar refractivity (Wildman–Crippen MR) is 80.0 cm³/mol. The van der Waals surface area contributed by atoms with Crippen molar-refractivity contribution in [2.75, 3.05) is 0 Å². The van der Waals surface area contributed by atoms with Crippen molar-refractivity contribution in [3.8, 4) is 16.4 Å². The van der Waals surface area contributed by atoms with Gasteiger partial charge in [-0.1, -0.05) is 6.07 Å². The minimum Gasteiger partial charge on any atom is -0.276 e. The molecule has 0 amide bonds. The van der Waals surface area contributed by atoms with Crippen molar-refractivity contribution >= 4 is 22.5 Å². The molecule has 0 bridgehead atoms. The molecule has 0 fully saturated rings. The van der Waals surface area contributed by atoms with Crippen molar-refractivity contribution < 1.29 is 0 Å². The van der Waals surface area contributed by atoms with Crippen LogP contribution in [0.1, 0.15) is 0 Å². The lowest BCUT2D eigenvalue weighted by Crippen LogP contribution is -1.97. The maximum Gasteiger partial charge on any atom is 0.164 e. The summed E-state index contributed by atoms with van der Waals surface area (Å²) in [7, 11) is 0. The average molecular weight is 278 g/mol. The number of pyridine rings is 2. The lowest BCUT2D eigenvalue weighted by Gasteiger charge is -2.06. The van der Waals surface area contributed by atoms with Gasteiger partial charge in [-0.05, 0) is 35.7 Å². The van der Waals surface area contributed by atoms with Crippen LogP contribution in [0.2, 0.25) is 0 Å². The Morgan fingerprint density at radius 2 is 1.85 bits per heavy atom. The lowest BCUT2D eigenvalue weighted by molar-refractivity contribution is 1.07. The highest BCUT2D eigenvalue weighted by Crippen LogP contribution is 2.29. The van der Waals surface area contributed by atoms with Crippen LogP contribution in [0.3, 0.4) is 0 Å². The topological polar surface area (TPSA) is 43.6 Å². The molecular weight excluding hydrogens is 268 g/mol. The van der Waals surface area contributed by atoms with Crippen LogP contribution in [0.4, 0.5) is 0 Å². The lowest BCUT2D eigenvalue weighted by atomic mass is 10.3. The first-order chi connectivity index (χ1) is 9.93. The SMILES string of the molecule is c1csc(-c2nc3cccnc3n2-c2ccncc2)c1. The van der Waals surface area contributed by atoms with E-state index in [9.17, 15) is 0 Å². The molecule has 0 saturated heterocycles. The van der Waals surface area contributed by atoms with Crippen molar-refractivity contribution in [1.82, 2.24) is 19.5 Å². The maximum absolute atomic E-state index is 4.72. The summed E-state index contributed by atoms with van der Waals surface area (Å²) in [6, 6.07) is 11.9. The Bertz CT molecular complexity index is 850. The Morgan fingerprint density at radius 1 is 0.950 bits per heavy atom. The molecule has 4 aromatic rings. The zero-order chi connectivity index (χ0) is 13.4. The zero-order valence-electron chi connectivity index (χ0n) is 10.5. The molecule has 0 unspecified atom stereocenters. The highest BCUT2D eigenvalue weighted by molar-refractivity contribution is 7.13. The van der Waals surface area contributed by atoms with Gasteiger partial charge < -0.3 is 0 Å². The van der Waals surface area contributed by atoms with Gasteiger partial charge in [-0.3, -0.25) is 9.55 Å². The number of hydrogen-bond acceptors (Lipinski definition) is 4. The average Bonchev–Trinajstić information content (AvgIpc) is 3.15. The first-order valence-corrected chi connectivity index (χ1v) is 7.09. The Morgan fingerprint density at radius 3 is 2.65 bits per heavy atom. The minimum absolute atomic E-state index is 0.863. The van der Waals surface area contributed by atoms with Gasteiger partial charge in [-0.25, -0.2) is 9.97 Å². The van der Waals surface area contributed by atoms with Crippen LogP contribution in [0.25, 0.3) is 27.6 Å². The van der Waals surface area contributed by atoms with Gasteiger partial charge >= 0.3 is 0 Å². The number of imidazole rings is 1. The van der Waals surface area contributed by atoms with Crippen molar-refractivity contribution in [3.63, 3.8) is 0 Å². The largest absolute Gasteiger partial charge is 0.276 e. The predicted octanol–water partition coefficient (Wildman–Crippen LogP) is 3.54. The van der Waals surface area contributed by atoms with Gasteiger partial charge in [0.2, 0.25) is 0 Å². The molecule has 5 heteroatoms. The molecule has 0 aliphatic heterocycles. The van der Waals surface area contributed by atoms with Crippen LogP contribution < -0.4 is 0 Å². The number of fused-ring (bicyclic) bond motifs is 1. The van der Waals surface area contributed by atoms with Crippen molar-refractivity contribution in [2.45, 2.75) is 0 Å². The summed E-state index contributed by atoms with van der Waals surface area (Å²) < 4.78 is 2.07. The fourth-order valence-corrected chi connectivity index (χ4v) is 2.92. The highest BCUT2D eigenvalue weighted by atomic mass is 32.1. The van der Waals surface area contributed by atoms with E-state index in [0.29, 0.717) is 0 Å². The summed E-state index contributed by atoms with van der Waals surface area (Å²) in [4.78, 5) is 14.4. The van der Waals surface area contributed by atoms with Gasteiger partial charge in [-0.2, -0.15) is 0 Å². The van der Waals surface area contributed by atoms with Gasteiger partial charge in [0, 0.05) is 18.6 Å². The summed E-state index contributed by atoms with van der Waals surface area (Å²) in [5.41, 5.74) is 2.78. The van der Waals surface area contributed by atoms with E-state index in [1.807, 2.05) is 30.3 Å². The Balaban J connectivity index is 2.09. The van der Waals surface area contributed by atoms with Crippen molar-refractivity contribution in [3.05, 3.63) is 60.4 Å². The molecule has 20 heavy (non-hydrogen) atoms. The van der Waals surface area contributed by atoms with Crippen molar-refractivity contribution in [2.24, 2.45) is 0 Å². The van der Waals surface area contributed by atoms with Gasteiger partial charge in [0.15, 0.2) is 11.5 Å². The van der Waals surface area contributed by atoms with E-state index in [4.69, 9.17) is 4.98 Å². The van der Waals surface area contributed by atoms with E-state index in [1.165, 1.54) is 0 Å². The second-order valence-corrected chi connectivity index (χ2v) is 5.25. The summed E-state index contributed by atoms with van der Waals surface area (Å²) in [6.45, 7) is 0. The summed E-state index contributed by atoms with van der Waals surface area (Å²) >= 11 is 1.67. The molecule has 0 radical (unpaired) electrons. The third-order valence-corrected chi connectivity index (χ3v) is 3.94. The fraction of sp³-hybridized carbons (Fsp3) is 0. The molecule has 0 atom stereocenters. The van der Waals surface area contributed by atoms with E-state index in [2.05, 4.69) is 26.0 Å². The molecule has 0 aromatic carbocycles. The first-order valence-electron chi connectivity index (χ1n) is 6.21. The standard InChI is InChI=1S/C15H10N4S/c1-3-12-14(17-7-1)19(11-5-8-16-9-6-11)15(18-12)13-4-2-10-20-13/h1-10H. The molecule has 0 aliphatic rings. The number of hydrogen-bond donors (Lipinski definition) is 0. The Labute approximate surface area is 119 Å². The Hall–Kier alpha value is -2.53. The first kappa shape index (κ1) is 11.3. The van der Waals surface area contributed by atoms with Gasteiger partial charge in [-0.15, -0.1) is 11.3 Å². The summed E-state index contributed by atoms with van der Waals surface area (Å²) in [5.74, 6) is 0.917. The maximum atomic E-state index is 4.72. The van der Waals surface area contributed by atoms with E-state index in [0.717, 1.165) is 27.6 Å². The molecule has 4 nitrogen and oxygen atoms in total. The van der Waals surface area contributed by atoms with Gasteiger partial charge in [0.25, 0.3) is 0 Å². The molecule has 4 heterocycles. The third-order valence-electron chi connectivity index (χ3n) is 3.08. The second-order valence-electron chi connectivity index (χ2n) is 4.30. The molecule has 0 spiro atoms. The van der Waals surface area contributed by atoms with Gasteiger partial charge in [0.05, 0.1) is 10.6 Å². The quantitative estimate of drug-likeness (QED) is 0.563. The molecule has 0 saturated carbocycles. The van der Waals surface area contributed by atoms with Crippen LogP contribution in [-0.2, 0) is 0 Å². The number of thiophene rings is 1. The Kier molecular flexibility index (Phi) is 2.57. The second kappa shape index (κ2) is 4.54. The molecule has 0 N–H and O–H groups in total. The number of rotatable bonds is 2. The monoisotopic (exact) mass is 278 g/mol. The zero-order valence-corrected chi connectivity index (χ0v) is 11.3. The van der Waals surface area contributed by atoms with E-state index >= 15 is 0 Å². The van der Waals surface area contributed by atoms with Crippen LogP contribution in [0.5, 0.6) is 0 Å². The molecule has 0 aliphatic carbocycles. The number of aromatic nitrogens is 4. The molecule has 96 valence electrons. The van der Waals surface area contributed by atoms with E-state index in [1.54, 1.807) is 29.9 Å². The molecule has 4 aromatic heterocycles. The third kappa shape index (κ3) is 1.71. The van der Waals surface area contributed by atoms with Crippen LogP contribution in [0, 0.1) is 0 Å². The normalized spacial score (nSPS) is 11.0. The smallest absolute Gasteiger partial charge is 0.164 e. The van der Waals surface area contributed by atoms with Crippen LogP contribution >= 0.6 is 11.3 Å². The van der Waals surface area contributed by atoms with E-state index in [-0.39, 0.29) is 0 Å². The summed E-state index contributed by atoms with van der Waals surface area (Å²) in [6.07, 6.45) is 5.35. The van der Waals surface area contributed by atoms with Crippen LogP contribution in [-0.4, -0.2) is 19.5 Å². The molecular formula is C15H10N4S.